The first-order valence-electron chi connectivity index (χ1n) is 6.39. The third-order valence-electron chi connectivity index (χ3n) is 3.02. The van der Waals surface area contributed by atoms with Gasteiger partial charge in [0.2, 0.25) is 0 Å². The van der Waals surface area contributed by atoms with Crippen LogP contribution in [0.5, 0.6) is 0 Å². The molecule has 2 aromatic rings. The van der Waals surface area contributed by atoms with Crippen molar-refractivity contribution < 1.29 is 14.1 Å². The number of hydrazone groups is 1. The Bertz CT molecular complexity index is 656. The maximum absolute atomic E-state index is 10.6. The van der Waals surface area contributed by atoms with Gasteiger partial charge in [-0.1, -0.05) is 0 Å². The van der Waals surface area contributed by atoms with E-state index in [1.165, 1.54) is 12.1 Å². The van der Waals surface area contributed by atoms with Crippen LogP contribution in [0, 0.1) is 10.1 Å². The van der Waals surface area contributed by atoms with Crippen LogP contribution in [0.15, 0.2) is 27.8 Å². The number of nitrogens with zero attached hydrogens (tertiary/aromatic N) is 4. The molecule has 0 radical (unpaired) electrons. The number of rotatable bonds is 4. The summed E-state index contributed by atoms with van der Waals surface area (Å²) in [5.41, 5.74) is 1.19. The van der Waals surface area contributed by atoms with E-state index in [4.69, 9.17) is 9.15 Å². The third-order valence-corrected chi connectivity index (χ3v) is 3.02. The Hall–Kier alpha value is -2.68. The van der Waals surface area contributed by atoms with Crippen molar-refractivity contribution in [3.63, 3.8) is 0 Å². The summed E-state index contributed by atoms with van der Waals surface area (Å²) in [4.78, 5) is 10.1. The molecule has 3 heterocycles. The molecule has 1 fully saturated rings. The van der Waals surface area contributed by atoms with Crippen molar-refractivity contribution in [1.82, 2.24) is 15.2 Å². The lowest BCUT2D eigenvalue weighted by Crippen LogP contribution is -2.32. The summed E-state index contributed by atoms with van der Waals surface area (Å²) in [6.45, 7) is 2.77. The average Bonchev–Trinajstić information content (AvgIpc) is 3.15. The smallest absolute Gasteiger partial charge is 0.399 e. The van der Waals surface area contributed by atoms with Gasteiger partial charge in [-0.2, -0.15) is 10.2 Å². The lowest BCUT2D eigenvalue weighted by molar-refractivity contribution is -0.401. The molecule has 9 nitrogen and oxygen atoms in total. The fourth-order valence-corrected chi connectivity index (χ4v) is 1.96. The topological polar surface area (TPSA) is 110 Å². The van der Waals surface area contributed by atoms with Crippen molar-refractivity contribution in [2.45, 2.75) is 0 Å². The lowest BCUT2D eigenvalue weighted by atomic mass is 10.2. The molecule has 2 aromatic heterocycles. The van der Waals surface area contributed by atoms with Gasteiger partial charge in [0.25, 0.3) is 0 Å². The van der Waals surface area contributed by atoms with Crippen molar-refractivity contribution in [3.8, 4) is 11.5 Å². The predicted molar refractivity (Wildman–Crippen MR) is 72.9 cm³/mol. The van der Waals surface area contributed by atoms with Crippen molar-refractivity contribution in [1.29, 1.82) is 0 Å². The number of ether oxygens (including phenoxy) is 1. The normalized spacial score (nSPS) is 15.7. The van der Waals surface area contributed by atoms with Gasteiger partial charge in [-0.3, -0.25) is 20.2 Å². The molecule has 0 saturated carbocycles. The fraction of sp³-hybridized carbons (Fsp3) is 0.333. The van der Waals surface area contributed by atoms with E-state index in [2.05, 4.69) is 15.3 Å². The fourth-order valence-electron chi connectivity index (χ4n) is 1.96. The summed E-state index contributed by atoms with van der Waals surface area (Å²) in [5.74, 6) is 0.00967. The molecule has 1 aliphatic rings. The summed E-state index contributed by atoms with van der Waals surface area (Å²) >= 11 is 0. The van der Waals surface area contributed by atoms with E-state index < -0.39 is 4.92 Å². The van der Waals surface area contributed by atoms with Gasteiger partial charge in [0, 0.05) is 11.8 Å². The zero-order valence-electron chi connectivity index (χ0n) is 11.1. The summed E-state index contributed by atoms with van der Waals surface area (Å²) in [6, 6.07) is 2.81. The number of furan rings is 1. The molecule has 1 N–H and O–H groups in total. The highest BCUT2D eigenvalue weighted by Crippen LogP contribution is 2.26. The number of aromatic nitrogens is 2. The molecule has 3 rings (SSSR count). The molecule has 9 heteroatoms. The summed E-state index contributed by atoms with van der Waals surface area (Å²) in [6.07, 6.45) is 3.31. The number of morpholine rings is 1. The predicted octanol–water partition coefficient (Wildman–Crippen LogP) is 1.24. The molecule has 0 unspecified atom stereocenters. The SMILES string of the molecule is O=[N+]([O-])c1ccc(-c2n[nH]cc2C=NN2CCOCC2)o1. The first kappa shape index (κ1) is 13.3. The van der Waals surface area contributed by atoms with Gasteiger partial charge in [0.1, 0.15) is 10.6 Å². The van der Waals surface area contributed by atoms with E-state index in [0.29, 0.717) is 30.2 Å². The lowest BCUT2D eigenvalue weighted by Gasteiger charge is -2.23. The van der Waals surface area contributed by atoms with Gasteiger partial charge >= 0.3 is 5.88 Å². The van der Waals surface area contributed by atoms with Crippen LogP contribution in [0.1, 0.15) is 5.56 Å². The van der Waals surface area contributed by atoms with E-state index in [-0.39, 0.29) is 5.88 Å². The van der Waals surface area contributed by atoms with Crippen molar-refractivity contribution >= 4 is 12.1 Å². The molecular weight excluding hydrogens is 278 g/mol. The number of H-pyrrole nitrogens is 1. The second kappa shape index (κ2) is 5.75. The first-order chi connectivity index (χ1) is 10.2. The minimum absolute atomic E-state index is 0.316. The van der Waals surface area contributed by atoms with Gasteiger partial charge in [-0.15, -0.1) is 0 Å². The van der Waals surface area contributed by atoms with Gasteiger partial charge in [-0.25, -0.2) is 0 Å². The molecule has 0 aromatic carbocycles. The molecule has 0 spiro atoms. The molecule has 0 amide bonds. The van der Waals surface area contributed by atoms with Crippen LogP contribution in [0.25, 0.3) is 11.5 Å². The van der Waals surface area contributed by atoms with Gasteiger partial charge in [0.05, 0.1) is 38.6 Å². The molecular formula is C12H13N5O4. The first-order valence-corrected chi connectivity index (χ1v) is 6.39. The van der Waals surface area contributed by atoms with Gasteiger partial charge in [-0.05, 0) is 6.07 Å². The molecule has 1 saturated heterocycles. The zero-order valence-corrected chi connectivity index (χ0v) is 11.1. The van der Waals surface area contributed by atoms with Gasteiger partial charge < -0.3 is 9.15 Å². The van der Waals surface area contributed by atoms with Gasteiger partial charge in [0.15, 0.2) is 5.76 Å². The highest BCUT2D eigenvalue weighted by atomic mass is 16.6. The Kier molecular flexibility index (Phi) is 3.65. The largest absolute Gasteiger partial charge is 0.433 e. The summed E-state index contributed by atoms with van der Waals surface area (Å²) in [5, 5.41) is 23.6. The zero-order chi connectivity index (χ0) is 14.7. The van der Waals surface area contributed by atoms with E-state index in [1.54, 1.807) is 12.4 Å². The standard InChI is InChI=1S/C12H13N5O4/c18-17(19)11-2-1-10(21-11)12-9(7-13-15-12)8-14-16-3-5-20-6-4-16/h1-2,7-8H,3-6H2,(H,13,15). The van der Waals surface area contributed by atoms with Crippen LogP contribution in [0.3, 0.4) is 0 Å². The monoisotopic (exact) mass is 291 g/mol. The molecule has 110 valence electrons. The highest BCUT2D eigenvalue weighted by Gasteiger charge is 2.17. The van der Waals surface area contributed by atoms with Crippen LogP contribution >= 0.6 is 0 Å². The number of aromatic amines is 1. The Morgan fingerprint density at radius 3 is 2.95 bits per heavy atom. The maximum atomic E-state index is 10.6. The van der Waals surface area contributed by atoms with Crippen LogP contribution in [0.2, 0.25) is 0 Å². The Morgan fingerprint density at radius 1 is 1.43 bits per heavy atom. The quantitative estimate of drug-likeness (QED) is 0.515. The van der Waals surface area contributed by atoms with E-state index >= 15 is 0 Å². The summed E-state index contributed by atoms with van der Waals surface area (Å²) < 4.78 is 10.4. The third kappa shape index (κ3) is 2.92. The van der Waals surface area contributed by atoms with Crippen LogP contribution in [-0.4, -0.2) is 52.6 Å². The average molecular weight is 291 g/mol. The second-order valence-corrected chi connectivity index (χ2v) is 4.39. The van der Waals surface area contributed by atoms with Crippen LogP contribution < -0.4 is 0 Å². The van der Waals surface area contributed by atoms with E-state index in [0.717, 1.165) is 13.1 Å². The molecule has 1 aliphatic heterocycles. The minimum atomic E-state index is -0.586. The number of nitrogens with one attached hydrogen (secondary N) is 1. The van der Waals surface area contributed by atoms with Crippen molar-refractivity contribution in [2.75, 3.05) is 26.3 Å². The van der Waals surface area contributed by atoms with E-state index in [9.17, 15) is 10.1 Å². The molecule has 21 heavy (non-hydrogen) atoms. The second-order valence-electron chi connectivity index (χ2n) is 4.39. The van der Waals surface area contributed by atoms with Crippen molar-refractivity contribution in [3.05, 3.63) is 34.0 Å². The molecule has 0 aliphatic carbocycles. The minimum Gasteiger partial charge on any atom is -0.399 e. The number of hydrogen-bond acceptors (Lipinski definition) is 7. The number of nitro groups is 1. The Morgan fingerprint density at radius 2 is 2.24 bits per heavy atom. The highest BCUT2D eigenvalue weighted by molar-refractivity contribution is 5.87. The Balaban J connectivity index is 1.79. The van der Waals surface area contributed by atoms with Crippen LogP contribution in [-0.2, 0) is 4.74 Å². The molecule has 0 atom stereocenters. The molecule has 0 bridgehead atoms. The number of hydrogen-bond donors (Lipinski definition) is 1. The van der Waals surface area contributed by atoms with Crippen LogP contribution in [0.4, 0.5) is 5.88 Å². The van der Waals surface area contributed by atoms with E-state index in [1.807, 2.05) is 5.01 Å². The van der Waals surface area contributed by atoms with Crippen molar-refractivity contribution in [2.24, 2.45) is 5.10 Å². The Labute approximate surface area is 119 Å². The maximum Gasteiger partial charge on any atom is 0.433 e. The summed E-state index contributed by atoms with van der Waals surface area (Å²) in [7, 11) is 0.